The summed E-state index contributed by atoms with van der Waals surface area (Å²) in [5.74, 6) is 0.962. The summed E-state index contributed by atoms with van der Waals surface area (Å²) in [6.45, 7) is 1.00. The minimum Gasteiger partial charge on any atom is -0.310 e. The van der Waals surface area contributed by atoms with Crippen LogP contribution >= 0.6 is 22.6 Å². The zero-order valence-corrected chi connectivity index (χ0v) is 23.3. The number of nitrogens with one attached hydrogen (secondary N) is 1. The van der Waals surface area contributed by atoms with Crippen molar-refractivity contribution in [3.8, 4) is 34.7 Å². The Morgan fingerprint density at radius 2 is 1.44 bits per heavy atom. The Morgan fingerprint density at radius 1 is 0.872 bits per heavy atom. The fourth-order valence-electron chi connectivity index (χ4n) is 4.21. The van der Waals surface area contributed by atoms with Crippen molar-refractivity contribution in [3.05, 3.63) is 60.2 Å². The molecule has 0 unspecified atom stereocenters. The Kier molecular flexibility index (Phi) is 8.63. The lowest BCUT2D eigenvalue weighted by atomic mass is 10.1. The van der Waals surface area contributed by atoms with Crippen molar-refractivity contribution < 1.29 is 9.59 Å². The molecule has 12 nitrogen and oxygen atoms in total. The van der Waals surface area contributed by atoms with Gasteiger partial charge in [-0.1, -0.05) is 22.6 Å². The van der Waals surface area contributed by atoms with Gasteiger partial charge < -0.3 is 5.32 Å². The summed E-state index contributed by atoms with van der Waals surface area (Å²) < 4.78 is 3.37. The topological polar surface area (TPSA) is 158 Å². The summed E-state index contributed by atoms with van der Waals surface area (Å²) >= 11 is 2.15. The summed E-state index contributed by atoms with van der Waals surface area (Å²) in [6.07, 6.45) is 7.43. The van der Waals surface area contributed by atoms with Crippen molar-refractivity contribution in [2.24, 2.45) is 0 Å². The minimum atomic E-state index is -0.0864. The smallest absolute Gasteiger partial charge is 0.229 e. The third kappa shape index (κ3) is 5.49. The number of fused-ring (bicyclic) bond motifs is 2. The van der Waals surface area contributed by atoms with E-state index >= 15 is 0 Å². The van der Waals surface area contributed by atoms with E-state index in [1.807, 2.05) is 17.1 Å². The van der Waals surface area contributed by atoms with Crippen molar-refractivity contribution in [1.29, 1.82) is 10.5 Å². The lowest BCUT2D eigenvalue weighted by Crippen LogP contribution is -2.34. The molecule has 4 aromatic heterocycles. The van der Waals surface area contributed by atoms with E-state index in [0.29, 0.717) is 60.1 Å². The fraction of sp³-hybridized carbons (Fsp3) is 0.231. The molecule has 6 rings (SSSR count). The van der Waals surface area contributed by atoms with E-state index in [4.69, 9.17) is 0 Å². The Hall–Kier alpha value is -4.63. The SMILES string of the molecule is CI.CN1C(=O)CCn2nc(-c3cccnc3)c(C#N)c21.N#Cc1c(-c2cccnc2)nn2c1NC(=O)CC2. The number of aromatic nitrogens is 6. The molecule has 0 fully saturated rings. The first-order valence-corrected chi connectivity index (χ1v) is 13.9. The van der Waals surface area contributed by atoms with E-state index in [2.05, 4.69) is 60.2 Å². The van der Waals surface area contributed by atoms with E-state index in [1.165, 1.54) is 4.90 Å². The van der Waals surface area contributed by atoms with E-state index in [0.717, 1.165) is 11.1 Å². The van der Waals surface area contributed by atoms with Gasteiger partial charge in [-0.15, -0.1) is 0 Å². The van der Waals surface area contributed by atoms with Crippen LogP contribution in [0.3, 0.4) is 0 Å². The van der Waals surface area contributed by atoms with Crippen LogP contribution in [0.25, 0.3) is 22.5 Å². The van der Waals surface area contributed by atoms with Crippen LogP contribution < -0.4 is 10.2 Å². The number of aryl methyl sites for hydroxylation is 2. The fourth-order valence-corrected chi connectivity index (χ4v) is 4.21. The molecule has 0 radical (unpaired) electrons. The number of hydrogen-bond acceptors (Lipinski definition) is 8. The first-order chi connectivity index (χ1) is 19.0. The predicted molar refractivity (Wildman–Crippen MR) is 152 cm³/mol. The standard InChI is InChI=1S/C13H11N5O.C12H9N5O.CH3I/c1-17-11(19)4-6-18-13(17)10(7-14)12(16-18)9-3-2-5-15-8-9;13-6-9-11(8-2-1-4-14-7-8)16-17-5-3-10(18)15-12(9)17;1-2/h2-3,5,8H,4,6H2,1H3;1-2,4,7H,3,5H2,(H,15,18);1H3. The van der Waals surface area contributed by atoms with E-state index in [9.17, 15) is 20.1 Å². The number of carbonyl (C=O) groups is 2. The number of hydrogen-bond donors (Lipinski definition) is 1. The van der Waals surface area contributed by atoms with Crippen LogP contribution in [0, 0.1) is 22.7 Å². The Bertz CT molecular complexity index is 1580. The summed E-state index contributed by atoms with van der Waals surface area (Å²) in [5, 5.41) is 30.1. The summed E-state index contributed by atoms with van der Waals surface area (Å²) in [4.78, 5) is 34.6. The molecule has 0 spiro atoms. The third-order valence-corrected chi connectivity index (χ3v) is 6.01. The highest BCUT2D eigenvalue weighted by molar-refractivity contribution is 14.1. The van der Waals surface area contributed by atoms with Gasteiger partial charge in [0, 0.05) is 55.8 Å². The number of carbonyl (C=O) groups excluding carboxylic acids is 2. The van der Waals surface area contributed by atoms with Gasteiger partial charge in [-0.2, -0.15) is 20.7 Å². The number of halogens is 1. The molecule has 0 aliphatic carbocycles. The zero-order valence-electron chi connectivity index (χ0n) is 21.2. The maximum atomic E-state index is 11.7. The highest BCUT2D eigenvalue weighted by atomic mass is 127. The average molecular weight is 634 g/mol. The van der Waals surface area contributed by atoms with Crippen LogP contribution in [0.4, 0.5) is 11.6 Å². The monoisotopic (exact) mass is 634 g/mol. The number of pyridine rings is 2. The normalized spacial score (nSPS) is 13.3. The first-order valence-electron chi connectivity index (χ1n) is 11.8. The Balaban J connectivity index is 0.000000170. The zero-order chi connectivity index (χ0) is 27.9. The molecule has 39 heavy (non-hydrogen) atoms. The summed E-state index contributed by atoms with van der Waals surface area (Å²) in [6, 6.07) is 11.5. The molecule has 0 bridgehead atoms. The number of rotatable bonds is 2. The van der Waals surface area contributed by atoms with Crippen LogP contribution in [0.1, 0.15) is 24.0 Å². The second-order valence-electron chi connectivity index (χ2n) is 8.27. The van der Waals surface area contributed by atoms with Gasteiger partial charge in [0.2, 0.25) is 11.8 Å². The van der Waals surface area contributed by atoms with Crippen LogP contribution in [-0.2, 0) is 22.7 Å². The van der Waals surface area contributed by atoms with E-state index < -0.39 is 0 Å². The molecular formula is C26H23IN10O2. The molecule has 0 saturated heterocycles. The molecule has 1 N–H and O–H groups in total. The third-order valence-electron chi connectivity index (χ3n) is 6.01. The largest absolute Gasteiger partial charge is 0.310 e. The Morgan fingerprint density at radius 3 is 2.00 bits per heavy atom. The van der Waals surface area contributed by atoms with Gasteiger partial charge in [0.15, 0.2) is 5.82 Å². The maximum absolute atomic E-state index is 11.7. The molecule has 0 aromatic carbocycles. The molecule has 2 aliphatic heterocycles. The molecule has 0 atom stereocenters. The highest BCUT2D eigenvalue weighted by Crippen LogP contribution is 2.32. The number of nitrogens with zero attached hydrogens (tertiary/aromatic N) is 9. The molecule has 196 valence electrons. The Labute approximate surface area is 238 Å². The van der Waals surface area contributed by atoms with Crippen molar-refractivity contribution in [2.45, 2.75) is 25.9 Å². The number of anilines is 2. The van der Waals surface area contributed by atoms with Gasteiger partial charge in [-0.3, -0.25) is 24.5 Å². The minimum absolute atomic E-state index is 0.00152. The molecule has 2 aliphatic rings. The molecule has 13 heteroatoms. The van der Waals surface area contributed by atoms with Crippen molar-refractivity contribution >= 4 is 46.0 Å². The van der Waals surface area contributed by atoms with Gasteiger partial charge in [0.25, 0.3) is 0 Å². The van der Waals surface area contributed by atoms with E-state index in [-0.39, 0.29) is 11.8 Å². The summed E-state index contributed by atoms with van der Waals surface area (Å²) in [5.41, 5.74) is 3.49. The first kappa shape index (κ1) is 27.4. The molecule has 2 amide bonds. The predicted octanol–water partition coefficient (Wildman–Crippen LogP) is 3.39. The maximum Gasteiger partial charge on any atom is 0.229 e. The molecule has 6 heterocycles. The van der Waals surface area contributed by atoms with E-state index in [1.54, 1.807) is 53.3 Å². The molecule has 4 aromatic rings. The molecule has 0 saturated carbocycles. The van der Waals surface area contributed by atoms with Gasteiger partial charge in [-0.25, -0.2) is 9.36 Å². The highest BCUT2D eigenvalue weighted by Gasteiger charge is 2.29. The van der Waals surface area contributed by atoms with Gasteiger partial charge in [-0.05, 0) is 29.2 Å². The average Bonchev–Trinajstić information content (AvgIpc) is 3.55. The van der Waals surface area contributed by atoms with Crippen molar-refractivity contribution in [2.75, 3.05) is 22.2 Å². The van der Waals surface area contributed by atoms with Gasteiger partial charge in [0.05, 0.1) is 13.1 Å². The van der Waals surface area contributed by atoms with Crippen molar-refractivity contribution in [1.82, 2.24) is 29.5 Å². The lowest BCUT2D eigenvalue weighted by Gasteiger charge is -2.23. The lowest BCUT2D eigenvalue weighted by molar-refractivity contribution is -0.119. The van der Waals surface area contributed by atoms with Crippen LogP contribution in [0.2, 0.25) is 0 Å². The van der Waals surface area contributed by atoms with Crippen LogP contribution in [0.15, 0.2) is 49.1 Å². The van der Waals surface area contributed by atoms with Gasteiger partial charge >= 0.3 is 0 Å². The van der Waals surface area contributed by atoms with Crippen LogP contribution in [0.5, 0.6) is 0 Å². The van der Waals surface area contributed by atoms with Crippen LogP contribution in [-0.4, -0.2) is 53.3 Å². The number of nitriles is 2. The number of alkyl halides is 1. The quantitative estimate of drug-likeness (QED) is 0.260. The second-order valence-corrected chi connectivity index (χ2v) is 8.27. The second kappa shape index (κ2) is 12.3. The molecular weight excluding hydrogens is 611 g/mol. The number of amides is 2. The van der Waals surface area contributed by atoms with Gasteiger partial charge in [0.1, 0.15) is 40.5 Å². The van der Waals surface area contributed by atoms with Crippen molar-refractivity contribution in [3.63, 3.8) is 0 Å². The summed E-state index contributed by atoms with van der Waals surface area (Å²) in [7, 11) is 1.67.